The van der Waals surface area contributed by atoms with Crippen molar-refractivity contribution >= 4 is 38.5 Å². The molecule has 0 aliphatic carbocycles. The molecule has 0 saturated carbocycles. The van der Waals surface area contributed by atoms with E-state index in [2.05, 4.69) is 43.5 Å². The van der Waals surface area contributed by atoms with Crippen LogP contribution in [0.1, 0.15) is 5.56 Å². The average molecular weight is 390 g/mol. The van der Waals surface area contributed by atoms with Gasteiger partial charge in [0.1, 0.15) is 11.2 Å². The average Bonchev–Trinajstić information content (AvgIpc) is 2.29. The maximum absolute atomic E-state index is 5.69. The van der Waals surface area contributed by atoms with E-state index in [1.807, 2.05) is 36.4 Å². The molecular weight excluding hydrogens is 381 g/mol. The van der Waals surface area contributed by atoms with Crippen molar-refractivity contribution < 1.29 is 4.74 Å². The smallest absolute Gasteiger partial charge is 0.151 e. The molecule has 2 aromatic rings. The fourth-order valence-electron chi connectivity index (χ4n) is 1.24. The highest BCUT2D eigenvalue weighted by atomic mass is 127. The first-order valence-corrected chi connectivity index (χ1v) is 6.60. The molecule has 82 valence electrons. The number of nitrogens with zero attached hydrogens (tertiary/aromatic N) is 1. The zero-order valence-corrected chi connectivity index (χ0v) is 12.1. The minimum absolute atomic E-state index is 0.570. The fourth-order valence-corrected chi connectivity index (χ4v) is 2.59. The van der Waals surface area contributed by atoms with Gasteiger partial charge in [-0.25, -0.2) is 4.98 Å². The highest BCUT2D eigenvalue weighted by molar-refractivity contribution is 14.1. The Morgan fingerprint density at radius 1 is 1.25 bits per heavy atom. The summed E-state index contributed by atoms with van der Waals surface area (Å²) in [5, 5.41) is 0. The monoisotopic (exact) mass is 389 g/mol. The second-order valence-electron chi connectivity index (χ2n) is 3.21. The predicted molar refractivity (Wildman–Crippen MR) is 75.4 cm³/mol. The van der Waals surface area contributed by atoms with Crippen molar-refractivity contribution in [2.24, 2.45) is 0 Å². The lowest BCUT2D eigenvalue weighted by atomic mass is 10.2. The van der Waals surface area contributed by atoms with Crippen LogP contribution in [0, 0.1) is 3.57 Å². The second kappa shape index (κ2) is 5.63. The third-order valence-corrected chi connectivity index (χ3v) is 3.30. The van der Waals surface area contributed by atoms with Gasteiger partial charge in [0.15, 0.2) is 5.75 Å². The molecule has 0 saturated heterocycles. The molecule has 1 heterocycles. The molecule has 2 nitrogen and oxygen atoms in total. The summed E-state index contributed by atoms with van der Waals surface area (Å²) in [6.45, 7) is 0.570. The maximum Gasteiger partial charge on any atom is 0.151 e. The number of hydrogen-bond acceptors (Lipinski definition) is 2. The van der Waals surface area contributed by atoms with Crippen LogP contribution in [0.25, 0.3) is 0 Å². The van der Waals surface area contributed by atoms with Gasteiger partial charge in [-0.2, -0.15) is 0 Å². The number of hydrogen-bond donors (Lipinski definition) is 0. The van der Waals surface area contributed by atoms with Gasteiger partial charge in [0.05, 0.1) is 9.77 Å². The van der Waals surface area contributed by atoms with Crippen LogP contribution in [0.5, 0.6) is 5.75 Å². The maximum atomic E-state index is 5.69. The van der Waals surface area contributed by atoms with Crippen molar-refractivity contribution in [3.63, 3.8) is 0 Å². The number of ether oxygens (including phenoxy) is 1. The molecule has 0 amide bonds. The van der Waals surface area contributed by atoms with Crippen LogP contribution in [0.15, 0.2) is 47.2 Å². The number of benzene rings is 1. The van der Waals surface area contributed by atoms with Crippen molar-refractivity contribution in [3.8, 4) is 5.75 Å². The molecule has 16 heavy (non-hydrogen) atoms. The predicted octanol–water partition coefficient (Wildman–Crippen LogP) is 4.03. The Labute approximate surface area is 116 Å². The SMILES string of the molecule is Brc1cc(I)c(OCc2ccccc2)cn1. The van der Waals surface area contributed by atoms with E-state index in [4.69, 9.17) is 4.74 Å². The van der Waals surface area contributed by atoms with Gasteiger partial charge in [-0.1, -0.05) is 30.3 Å². The Balaban J connectivity index is 2.05. The Morgan fingerprint density at radius 3 is 2.69 bits per heavy atom. The molecule has 0 atom stereocenters. The molecule has 1 aromatic heterocycles. The molecule has 0 N–H and O–H groups in total. The van der Waals surface area contributed by atoms with E-state index in [-0.39, 0.29) is 0 Å². The third-order valence-electron chi connectivity index (χ3n) is 2.02. The zero-order chi connectivity index (χ0) is 11.4. The van der Waals surface area contributed by atoms with Gasteiger partial charge in [0.2, 0.25) is 0 Å². The van der Waals surface area contributed by atoms with Crippen molar-refractivity contribution in [2.45, 2.75) is 6.61 Å². The summed E-state index contributed by atoms with van der Waals surface area (Å²) in [4.78, 5) is 4.14. The van der Waals surface area contributed by atoms with Crippen molar-refractivity contribution in [1.29, 1.82) is 0 Å². The lowest BCUT2D eigenvalue weighted by Gasteiger charge is -2.07. The summed E-state index contributed by atoms with van der Waals surface area (Å²) in [5.41, 5.74) is 1.15. The molecule has 0 unspecified atom stereocenters. The van der Waals surface area contributed by atoms with Gasteiger partial charge in [-0.05, 0) is 50.2 Å². The summed E-state index contributed by atoms with van der Waals surface area (Å²) in [6.07, 6.45) is 1.73. The lowest BCUT2D eigenvalue weighted by molar-refractivity contribution is 0.302. The molecule has 2 rings (SSSR count). The van der Waals surface area contributed by atoms with Gasteiger partial charge in [0.25, 0.3) is 0 Å². The summed E-state index contributed by atoms with van der Waals surface area (Å²) in [6, 6.07) is 12.0. The number of aromatic nitrogens is 1. The molecule has 0 bridgehead atoms. The van der Waals surface area contributed by atoms with Crippen LogP contribution in [0.3, 0.4) is 0 Å². The Kier molecular flexibility index (Phi) is 4.17. The fraction of sp³-hybridized carbons (Fsp3) is 0.0833. The molecule has 0 aliphatic rings. The minimum Gasteiger partial charge on any atom is -0.486 e. The van der Waals surface area contributed by atoms with E-state index in [1.54, 1.807) is 6.20 Å². The highest BCUT2D eigenvalue weighted by Crippen LogP contribution is 2.23. The lowest BCUT2D eigenvalue weighted by Crippen LogP contribution is -1.97. The summed E-state index contributed by atoms with van der Waals surface area (Å²) >= 11 is 5.55. The standard InChI is InChI=1S/C12H9BrINO/c13-12-6-10(14)11(7-15-12)16-8-9-4-2-1-3-5-9/h1-7H,8H2. The third kappa shape index (κ3) is 3.18. The van der Waals surface area contributed by atoms with Crippen molar-refractivity contribution in [1.82, 2.24) is 4.98 Å². The quantitative estimate of drug-likeness (QED) is 0.584. The molecule has 0 radical (unpaired) electrons. The van der Waals surface area contributed by atoms with E-state index >= 15 is 0 Å². The van der Waals surface area contributed by atoms with Crippen LogP contribution in [-0.4, -0.2) is 4.98 Å². The van der Waals surface area contributed by atoms with E-state index < -0.39 is 0 Å². The van der Waals surface area contributed by atoms with Crippen LogP contribution in [0.2, 0.25) is 0 Å². The van der Waals surface area contributed by atoms with Crippen molar-refractivity contribution in [2.75, 3.05) is 0 Å². The molecule has 1 aromatic carbocycles. The molecule has 0 spiro atoms. The van der Waals surface area contributed by atoms with E-state index in [9.17, 15) is 0 Å². The summed E-state index contributed by atoms with van der Waals surface area (Å²) in [7, 11) is 0. The van der Waals surface area contributed by atoms with Gasteiger partial charge in [0, 0.05) is 0 Å². The molecule has 0 fully saturated rings. The topological polar surface area (TPSA) is 22.1 Å². The Morgan fingerprint density at radius 2 is 2.00 bits per heavy atom. The Bertz CT molecular complexity index is 476. The van der Waals surface area contributed by atoms with E-state index in [1.165, 1.54) is 0 Å². The minimum atomic E-state index is 0.570. The van der Waals surface area contributed by atoms with Gasteiger partial charge < -0.3 is 4.74 Å². The highest BCUT2D eigenvalue weighted by Gasteiger charge is 2.02. The van der Waals surface area contributed by atoms with E-state index in [0.29, 0.717) is 6.61 Å². The molecule has 4 heteroatoms. The zero-order valence-electron chi connectivity index (χ0n) is 8.36. The first-order chi connectivity index (χ1) is 7.75. The largest absolute Gasteiger partial charge is 0.486 e. The Hall–Kier alpha value is -0.620. The first-order valence-electron chi connectivity index (χ1n) is 4.73. The van der Waals surface area contributed by atoms with Gasteiger partial charge in [-0.15, -0.1) is 0 Å². The van der Waals surface area contributed by atoms with Crippen molar-refractivity contribution in [3.05, 3.63) is 56.3 Å². The number of pyridine rings is 1. The number of rotatable bonds is 3. The molecule has 0 aliphatic heterocycles. The number of halogens is 2. The normalized spacial score (nSPS) is 10.1. The summed E-state index contributed by atoms with van der Waals surface area (Å²) < 4.78 is 7.56. The van der Waals surface area contributed by atoms with Crippen LogP contribution in [0.4, 0.5) is 0 Å². The van der Waals surface area contributed by atoms with Gasteiger partial charge in [-0.3, -0.25) is 0 Å². The van der Waals surface area contributed by atoms with Gasteiger partial charge >= 0.3 is 0 Å². The van der Waals surface area contributed by atoms with Crippen LogP contribution < -0.4 is 4.74 Å². The van der Waals surface area contributed by atoms with Crippen LogP contribution >= 0.6 is 38.5 Å². The molecular formula is C12H9BrINO. The van der Waals surface area contributed by atoms with E-state index in [0.717, 1.165) is 19.5 Å². The van der Waals surface area contributed by atoms with Crippen LogP contribution in [-0.2, 0) is 6.61 Å². The summed E-state index contributed by atoms with van der Waals surface area (Å²) in [5.74, 6) is 0.813. The first kappa shape index (κ1) is 11.9. The second-order valence-corrected chi connectivity index (χ2v) is 5.19.